The fraction of sp³-hybridized carbons (Fsp3) is 0.440. The van der Waals surface area contributed by atoms with E-state index in [4.69, 9.17) is 15.2 Å². The molecule has 0 bridgehead atoms. The summed E-state index contributed by atoms with van der Waals surface area (Å²) in [7, 11) is 1.58. The topological polar surface area (TPSA) is 133 Å². The summed E-state index contributed by atoms with van der Waals surface area (Å²) >= 11 is 0. The Morgan fingerprint density at radius 2 is 2.06 bits per heavy atom. The van der Waals surface area contributed by atoms with Crippen molar-refractivity contribution in [2.24, 2.45) is 11.7 Å². The van der Waals surface area contributed by atoms with Crippen LogP contribution in [0, 0.1) is 5.92 Å². The average Bonchev–Trinajstić information content (AvgIpc) is 2.88. The molecule has 10 heteroatoms. The van der Waals surface area contributed by atoms with Gasteiger partial charge in [0.15, 0.2) is 18.2 Å². The van der Waals surface area contributed by atoms with Gasteiger partial charge in [0.25, 0.3) is 11.5 Å². The van der Waals surface area contributed by atoms with Gasteiger partial charge in [0.05, 0.1) is 30.0 Å². The maximum atomic E-state index is 12.6. The summed E-state index contributed by atoms with van der Waals surface area (Å²) in [5.74, 6) is 1.84. The molecule has 1 unspecified atom stereocenters. The molecule has 1 aliphatic heterocycles. The van der Waals surface area contributed by atoms with Gasteiger partial charge in [-0.2, -0.15) is 0 Å². The number of hydrogen-bond donors (Lipinski definition) is 3. The van der Waals surface area contributed by atoms with Gasteiger partial charge in [0.1, 0.15) is 5.75 Å². The zero-order chi connectivity index (χ0) is 24.4. The number of carbonyl (C=O) groups is 1. The van der Waals surface area contributed by atoms with E-state index >= 15 is 0 Å². The van der Waals surface area contributed by atoms with Gasteiger partial charge in [-0.3, -0.25) is 14.6 Å². The maximum absolute atomic E-state index is 12.6. The van der Waals surface area contributed by atoms with Crippen LogP contribution in [-0.2, 0) is 17.9 Å². The number of rotatable bonds is 7. The fourth-order valence-corrected chi connectivity index (χ4v) is 4.91. The fourth-order valence-electron chi connectivity index (χ4n) is 4.91. The van der Waals surface area contributed by atoms with Crippen LogP contribution < -0.4 is 31.4 Å². The molecule has 1 fully saturated rings. The van der Waals surface area contributed by atoms with E-state index in [1.807, 2.05) is 18.2 Å². The molecule has 4 N–H and O–H groups in total. The summed E-state index contributed by atoms with van der Waals surface area (Å²) in [6.45, 7) is 1.09. The van der Waals surface area contributed by atoms with Crippen LogP contribution in [0.4, 0.5) is 5.82 Å². The Balaban J connectivity index is 1.17. The van der Waals surface area contributed by atoms with Crippen molar-refractivity contribution in [2.75, 3.05) is 19.0 Å². The van der Waals surface area contributed by atoms with E-state index in [0.717, 1.165) is 42.4 Å². The number of aromatic nitrogens is 3. The number of hydrogen-bond acceptors (Lipinski definition) is 8. The Morgan fingerprint density at radius 1 is 1.23 bits per heavy atom. The van der Waals surface area contributed by atoms with Crippen LogP contribution in [0.3, 0.4) is 0 Å². The third kappa shape index (κ3) is 5.13. The van der Waals surface area contributed by atoms with Gasteiger partial charge in [0.2, 0.25) is 0 Å². The average molecular weight is 479 g/mol. The van der Waals surface area contributed by atoms with Crippen molar-refractivity contribution in [1.29, 1.82) is 0 Å². The molecule has 4 heterocycles. The van der Waals surface area contributed by atoms with E-state index in [9.17, 15) is 9.59 Å². The smallest absolute Gasteiger partial charge is 0.263 e. The lowest BCUT2D eigenvalue weighted by Gasteiger charge is -2.33. The zero-order valence-electron chi connectivity index (χ0n) is 19.7. The lowest BCUT2D eigenvalue weighted by molar-refractivity contribution is -0.118. The monoisotopic (exact) mass is 478 g/mol. The highest BCUT2D eigenvalue weighted by molar-refractivity contribution is 5.94. The quantitative estimate of drug-likeness (QED) is 0.468. The molecule has 10 nitrogen and oxygen atoms in total. The minimum atomic E-state index is -0.189. The normalized spacial score (nSPS) is 20.6. The predicted octanol–water partition coefficient (Wildman–Crippen LogP) is 1.81. The molecule has 184 valence electrons. The molecule has 0 aromatic carbocycles. The molecule has 0 saturated heterocycles. The number of methoxy groups -OCH3 is 1. The third-order valence-corrected chi connectivity index (χ3v) is 6.92. The minimum Gasteiger partial charge on any atom is -0.495 e. The van der Waals surface area contributed by atoms with E-state index in [0.29, 0.717) is 42.4 Å². The lowest BCUT2D eigenvalue weighted by Crippen LogP contribution is -2.42. The van der Waals surface area contributed by atoms with Crippen LogP contribution in [0.2, 0.25) is 0 Å². The molecule has 1 aliphatic carbocycles. The Bertz CT molecular complexity index is 1280. The minimum absolute atomic E-state index is 0.0257. The Morgan fingerprint density at radius 3 is 2.86 bits per heavy atom. The second-order valence-electron chi connectivity index (χ2n) is 9.20. The molecular weight excluding hydrogens is 448 g/mol. The molecule has 3 aromatic heterocycles. The molecular formula is C25H30N6O4. The van der Waals surface area contributed by atoms with Crippen LogP contribution in [0.25, 0.3) is 11.0 Å². The number of nitrogens with zero attached hydrogens (tertiary/aromatic N) is 3. The Hall–Kier alpha value is -3.50. The predicted molar refractivity (Wildman–Crippen MR) is 131 cm³/mol. The van der Waals surface area contributed by atoms with Gasteiger partial charge >= 0.3 is 0 Å². The molecule has 0 radical (unpaired) electrons. The van der Waals surface area contributed by atoms with Crippen molar-refractivity contribution < 1.29 is 14.3 Å². The van der Waals surface area contributed by atoms with Gasteiger partial charge in [0, 0.05) is 37.3 Å². The first-order valence-corrected chi connectivity index (χ1v) is 12.0. The molecule has 2 aliphatic rings. The number of anilines is 1. The number of fused-ring (bicyclic) bond motifs is 2. The second-order valence-corrected chi connectivity index (χ2v) is 9.20. The van der Waals surface area contributed by atoms with Crippen molar-refractivity contribution in [1.82, 2.24) is 19.9 Å². The third-order valence-electron chi connectivity index (χ3n) is 6.92. The SMILES string of the molecule is COc1cnc2ccc(=O)n(CC(N)[C@H]3CC[C@H](NCc4ccc5c(n4)NC(=O)CO5)CC3)c2c1. The highest BCUT2D eigenvalue weighted by Crippen LogP contribution is 2.28. The summed E-state index contributed by atoms with van der Waals surface area (Å²) in [6, 6.07) is 9.11. The van der Waals surface area contributed by atoms with E-state index in [2.05, 4.69) is 20.6 Å². The number of pyridine rings is 3. The van der Waals surface area contributed by atoms with Gasteiger partial charge in [-0.1, -0.05) is 0 Å². The van der Waals surface area contributed by atoms with Gasteiger partial charge in [-0.25, -0.2) is 4.98 Å². The van der Waals surface area contributed by atoms with E-state index in [1.54, 1.807) is 30.0 Å². The van der Waals surface area contributed by atoms with E-state index in [-0.39, 0.29) is 24.1 Å². The number of ether oxygens (including phenoxy) is 2. The summed E-state index contributed by atoms with van der Waals surface area (Å²) in [5.41, 5.74) is 8.86. The highest BCUT2D eigenvalue weighted by atomic mass is 16.5. The van der Waals surface area contributed by atoms with E-state index < -0.39 is 0 Å². The van der Waals surface area contributed by atoms with Crippen molar-refractivity contribution in [3.05, 3.63) is 52.6 Å². The van der Waals surface area contributed by atoms with Crippen LogP contribution >= 0.6 is 0 Å². The number of amides is 1. The van der Waals surface area contributed by atoms with Crippen LogP contribution in [0.1, 0.15) is 31.4 Å². The molecule has 1 saturated carbocycles. The Labute approximate surface area is 202 Å². The maximum Gasteiger partial charge on any atom is 0.263 e. The summed E-state index contributed by atoms with van der Waals surface area (Å²) in [4.78, 5) is 33.0. The summed E-state index contributed by atoms with van der Waals surface area (Å²) in [6.07, 6.45) is 5.63. The van der Waals surface area contributed by atoms with Gasteiger partial charge in [-0.15, -0.1) is 0 Å². The summed E-state index contributed by atoms with van der Waals surface area (Å²) in [5, 5.41) is 6.32. The van der Waals surface area contributed by atoms with Crippen molar-refractivity contribution in [3.8, 4) is 11.5 Å². The molecule has 35 heavy (non-hydrogen) atoms. The number of nitrogens with two attached hydrogens (primary N) is 1. The number of carbonyl (C=O) groups excluding carboxylic acids is 1. The standard InChI is InChI=1S/C25H30N6O4/c1-34-18-10-21-20(28-12-18)7-9-24(33)31(21)13-19(26)15-2-4-16(5-3-15)27-11-17-6-8-22-25(29-17)30-23(32)14-35-22/h6-10,12,15-16,19,27H,2-5,11,13-14,26H2,1H3,(H,29,30,32)/t15-,16-,19?. The largest absolute Gasteiger partial charge is 0.495 e. The molecule has 3 aromatic rings. The molecule has 5 rings (SSSR count). The van der Waals surface area contributed by atoms with Gasteiger partial charge in [-0.05, 0) is 49.8 Å². The lowest BCUT2D eigenvalue weighted by atomic mass is 9.81. The highest BCUT2D eigenvalue weighted by Gasteiger charge is 2.26. The first-order chi connectivity index (χ1) is 17.0. The first kappa shape index (κ1) is 23.3. The first-order valence-electron chi connectivity index (χ1n) is 12.0. The zero-order valence-corrected chi connectivity index (χ0v) is 19.7. The van der Waals surface area contributed by atoms with Crippen LogP contribution in [0.5, 0.6) is 11.5 Å². The van der Waals surface area contributed by atoms with Gasteiger partial charge < -0.3 is 30.4 Å². The van der Waals surface area contributed by atoms with Crippen LogP contribution in [0.15, 0.2) is 41.3 Å². The van der Waals surface area contributed by atoms with E-state index in [1.165, 1.54) is 0 Å². The molecule has 0 spiro atoms. The van der Waals surface area contributed by atoms with Crippen molar-refractivity contribution in [3.63, 3.8) is 0 Å². The van der Waals surface area contributed by atoms with Crippen molar-refractivity contribution in [2.45, 2.75) is 50.9 Å². The second kappa shape index (κ2) is 10.0. The van der Waals surface area contributed by atoms with Crippen LogP contribution in [-0.4, -0.2) is 46.2 Å². The number of nitrogens with one attached hydrogen (secondary N) is 2. The van der Waals surface area contributed by atoms with Crippen molar-refractivity contribution >= 4 is 22.8 Å². The summed E-state index contributed by atoms with van der Waals surface area (Å²) < 4.78 is 12.4. The molecule has 1 amide bonds. The molecule has 1 atom stereocenters. The Kier molecular flexibility index (Phi) is 6.65.